The van der Waals surface area contributed by atoms with E-state index in [1.165, 1.54) is 36.8 Å². The minimum Gasteiger partial charge on any atom is -0.478 e. The van der Waals surface area contributed by atoms with Gasteiger partial charge in [0.25, 0.3) is 5.91 Å². The van der Waals surface area contributed by atoms with Gasteiger partial charge >= 0.3 is 5.97 Å². The second-order valence-electron chi connectivity index (χ2n) is 9.40. The van der Waals surface area contributed by atoms with Gasteiger partial charge in [-0.05, 0) is 102 Å². The number of fused-ring (bicyclic) bond motifs is 3. The number of carbonyl (C=O) groups excluding carboxylic acids is 1. The Morgan fingerprint density at radius 1 is 0.871 bits per heavy atom. The molecule has 3 aromatic carbocycles. The lowest BCUT2D eigenvalue weighted by Gasteiger charge is -2.27. The lowest BCUT2D eigenvalue weighted by Crippen LogP contribution is -2.18. The molecule has 0 saturated heterocycles. The minimum atomic E-state index is -0.934. The number of nitrogens with one attached hydrogen (secondary N) is 1. The van der Waals surface area contributed by atoms with E-state index in [0.29, 0.717) is 11.3 Å². The predicted octanol–water partition coefficient (Wildman–Crippen LogP) is 5.74. The number of hydrogen-bond acceptors (Lipinski definition) is 2. The number of rotatable bonds is 4. The molecule has 4 heteroatoms. The van der Waals surface area contributed by atoms with Gasteiger partial charge in [-0.2, -0.15) is 0 Å². The van der Waals surface area contributed by atoms with Crippen LogP contribution >= 0.6 is 0 Å². The van der Waals surface area contributed by atoms with Crippen LogP contribution in [0.15, 0.2) is 66.7 Å². The first-order chi connectivity index (χ1) is 15.0. The minimum absolute atomic E-state index is 0.0789. The third-order valence-corrected chi connectivity index (χ3v) is 7.58. The molecule has 6 rings (SSSR count). The number of benzene rings is 3. The number of amides is 1. The lowest BCUT2D eigenvalue weighted by atomic mass is 9.78. The number of carboxylic acids is 1. The summed E-state index contributed by atoms with van der Waals surface area (Å²) in [6, 6.07) is 20.7. The maximum atomic E-state index is 12.9. The van der Waals surface area contributed by atoms with Gasteiger partial charge in [0.1, 0.15) is 0 Å². The molecule has 2 N–H and O–H groups in total. The van der Waals surface area contributed by atoms with Crippen LogP contribution in [0.5, 0.6) is 0 Å². The van der Waals surface area contributed by atoms with Crippen LogP contribution < -0.4 is 5.32 Å². The molecule has 3 aliphatic rings. The van der Waals surface area contributed by atoms with Crippen molar-refractivity contribution in [3.05, 3.63) is 89.0 Å². The fraction of sp³-hybridized carbons (Fsp3) is 0.259. The number of carbonyl (C=O) groups is 2. The van der Waals surface area contributed by atoms with Gasteiger partial charge in [-0.25, -0.2) is 4.79 Å². The second kappa shape index (κ2) is 6.55. The molecule has 0 heterocycles. The van der Waals surface area contributed by atoms with Gasteiger partial charge in [0.05, 0.1) is 5.56 Å². The number of aromatic carboxylic acids is 1. The van der Waals surface area contributed by atoms with Crippen LogP contribution in [0.1, 0.15) is 57.0 Å². The van der Waals surface area contributed by atoms with Crippen molar-refractivity contribution in [2.45, 2.75) is 31.6 Å². The first kappa shape index (κ1) is 18.4. The molecule has 2 saturated carbocycles. The summed E-state index contributed by atoms with van der Waals surface area (Å²) >= 11 is 0. The zero-order valence-electron chi connectivity index (χ0n) is 17.1. The maximum Gasteiger partial charge on any atom is 0.335 e. The van der Waals surface area contributed by atoms with E-state index in [1.807, 2.05) is 30.3 Å². The molecule has 0 aromatic heterocycles. The van der Waals surface area contributed by atoms with E-state index in [4.69, 9.17) is 5.11 Å². The third-order valence-electron chi connectivity index (χ3n) is 7.58. The highest BCUT2D eigenvalue weighted by atomic mass is 16.4. The first-order valence-electron chi connectivity index (χ1n) is 10.9. The molecule has 3 aromatic rings. The summed E-state index contributed by atoms with van der Waals surface area (Å²) in [7, 11) is 0. The molecule has 3 atom stereocenters. The van der Waals surface area contributed by atoms with Crippen molar-refractivity contribution in [1.29, 1.82) is 0 Å². The molecule has 4 nitrogen and oxygen atoms in total. The highest BCUT2D eigenvalue weighted by Gasteiger charge is 2.62. The van der Waals surface area contributed by atoms with Crippen LogP contribution in [0.25, 0.3) is 11.1 Å². The van der Waals surface area contributed by atoms with E-state index in [1.54, 1.807) is 24.3 Å². The Morgan fingerprint density at radius 3 is 2.26 bits per heavy atom. The van der Waals surface area contributed by atoms with Crippen LogP contribution in [0, 0.1) is 11.3 Å². The van der Waals surface area contributed by atoms with Gasteiger partial charge in [-0.1, -0.05) is 30.3 Å². The number of hydrogen-bond donors (Lipinski definition) is 2. The third kappa shape index (κ3) is 3.05. The average molecular weight is 409 g/mol. The summed E-state index contributed by atoms with van der Waals surface area (Å²) in [5, 5.41) is 12.0. The van der Waals surface area contributed by atoms with Crippen molar-refractivity contribution in [3.8, 4) is 11.1 Å². The Balaban J connectivity index is 1.17. The van der Waals surface area contributed by atoms with Crippen molar-refractivity contribution in [2.75, 3.05) is 5.32 Å². The summed E-state index contributed by atoms with van der Waals surface area (Å²) in [5.74, 6) is 0.545. The molecule has 0 radical (unpaired) electrons. The van der Waals surface area contributed by atoms with Crippen LogP contribution in [0.4, 0.5) is 5.69 Å². The fourth-order valence-electron chi connectivity index (χ4n) is 5.87. The molecule has 0 aliphatic heterocycles. The van der Waals surface area contributed by atoms with E-state index in [2.05, 4.69) is 17.4 Å². The largest absolute Gasteiger partial charge is 0.478 e. The highest BCUT2D eigenvalue weighted by molar-refractivity contribution is 6.04. The summed E-state index contributed by atoms with van der Waals surface area (Å²) in [5.41, 5.74) is 7.09. The highest BCUT2D eigenvalue weighted by Crippen LogP contribution is 2.71. The zero-order valence-corrected chi connectivity index (χ0v) is 17.1. The van der Waals surface area contributed by atoms with Crippen LogP contribution in [0.2, 0.25) is 0 Å². The van der Waals surface area contributed by atoms with E-state index < -0.39 is 5.97 Å². The SMILES string of the molecule is O=C(O)c1ccc(-c2ccc(NC(=O)c3ccc4c(c3)C3CC5CC5(C4)C3)cc2)cc1. The molecule has 3 aliphatic carbocycles. The van der Waals surface area contributed by atoms with E-state index in [0.717, 1.165) is 28.3 Å². The molecule has 3 unspecified atom stereocenters. The van der Waals surface area contributed by atoms with Crippen LogP contribution in [-0.4, -0.2) is 17.0 Å². The number of carboxylic acid groups (broad SMARTS) is 1. The predicted molar refractivity (Wildman–Crippen MR) is 119 cm³/mol. The normalized spacial score (nSPS) is 24.8. The molecule has 154 valence electrons. The zero-order chi connectivity index (χ0) is 21.2. The van der Waals surface area contributed by atoms with Crippen LogP contribution in [0.3, 0.4) is 0 Å². The quantitative estimate of drug-likeness (QED) is 0.577. The average Bonchev–Trinajstić information content (AvgIpc) is 3.34. The van der Waals surface area contributed by atoms with E-state index >= 15 is 0 Å². The summed E-state index contributed by atoms with van der Waals surface area (Å²) < 4.78 is 0. The Hall–Kier alpha value is -3.40. The summed E-state index contributed by atoms with van der Waals surface area (Å²) in [4.78, 5) is 23.9. The van der Waals surface area contributed by atoms with Gasteiger partial charge in [-0.3, -0.25) is 4.79 Å². The summed E-state index contributed by atoms with van der Waals surface area (Å²) in [6.07, 6.45) is 5.21. The van der Waals surface area contributed by atoms with Crippen molar-refractivity contribution >= 4 is 17.6 Å². The van der Waals surface area contributed by atoms with Gasteiger partial charge in [0, 0.05) is 11.3 Å². The van der Waals surface area contributed by atoms with Gasteiger partial charge in [0.15, 0.2) is 0 Å². The number of anilines is 1. The van der Waals surface area contributed by atoms with Crippen molar-refractivity contribution in [2.24, 2.45) is 11.3 Å². The fourth-order valence-corrected chi connectivity index (χ4v) is 5.87. The van der Waals surface area contributed by atoms with Crippen molar-refractivity contribution in [1.82, 2.24) is 0 Å². The molecule has 1 amide bonds. The molecule has 2 bridgehead atoms. The molecule has 2 fully saturated rings. The maximum absolute atomic E-state index is 12.9. The molecular weight excluding hydrogens is 386 g/mol. The lowest BCUT2D eigenvalue weighted by molar-refractivity contribution is 0.0696. The van der Waals surface area contributed by atoms with Crippen LogP contribution in [-0.2, 0) is 6.42 Å². The monoisotopic (exact) mass is 409 g/mol. The second-order valence-corrected chi connectivity index (χ2v) is 9.40. The Bertz CT molecular complexity index is 1210. The summed E-state index contributed by atoms with van der Waals surface area (Å²) in [6.45, 7) is 0. The smallest absolute Gasteiger partial charge is 0.335 e. The molecule has 1 spiro atoms. The Kier molecular flexibility index (Phi) is 3.88. The standard InChI is InChI=1S/C27H23NO3/c29-25(19-5-6-20-13-27-14-21(24(20)12-19)11-22(27)15-27)28-23-9-7-17(8-10-23)16-1-3-18(4-2-16)26(30)31/h1-10,12,21-22H,11,13-15H2,(H,28,29)(H,30,31). The Labute approximate surface area is 180 Å². The van der Waals surface area contributed by atoms with Crippen molar-refractivity contribution < 1.29 is 14.7 Å². The van der Waals surface area contributed by atoms with Crippen molar-refractivity contribution in [3.63, 3.8) is 0 Å². The van der Waals surface area contributed by atoms with Gasteiger partial charge in [-0.15, -0.1) is 0 Å². The van der Waals surface area contributed by atoms with E-state index in [9.17, 15) is 9.59 Å². The van der Waals surface area contributed by atoms with Gasteiger partial charge in [0.2, 0.25) is 0 Å². The molecular formula is C27H23NO3. The molecule has 31 heavy (non-hydrogen) atoms. The van der Waals surface area contributed by atoms with E-state index in [-0.39, 0.29) is 11.5 Å². The first-order valence-corrected chi connectivity index (χ1v) is 10.9. The Morgan fingerprint density at radius 2 is 1.55 bits per heavy atom. The van der Waals surface area contributed by atoms with Gasteiger partial charge < -0.3 is 10.4 Å². The topological polar surface area (TPSA) is 66.4 Å².